The maximum atomic E-state index is 9.90. The molecular weight excluding hydrogens is 220 g/mol. The Labute approximate surface area is 108 Å². The molecule has 0 atom stereocenters. The van der Waals surface area contributed by atoms with Gasteiger partial charge < -0.3 is 5.11 Å². The number of fused-ring (bicyclic) bond motifs is 1. The minimum atomic E-state index is 0.476. The molecule has 0 unspecified atom stereocenters. The minimum absolute atomic E-state index is 0.476. The Morgan fingerprint density at radius 3 is 2.56 bits per heavy atom. The maximum Gasteiger partial charge on any atom is 0.119 e. The van der Waals surface area contributed by atoms with Gasteiger partial charge in [0.25, 0.3) is 0 Å². The Bertz CT molecular complexity index is 611. The molecule has 0 aliphatic heterocycles. The first-order chi connectivity index (χ1) is 8.70. The van der Waals surface area contributed by atoms with Crippen LogP contribution in [-0.2, 0) is 19.3 Å². The van der Waals surface area contributed by atoms with Crippen LogP contribution in [0, 0.1) is 6.92 Å². The van der Waals surface area contributed by atoms with E-state index in [9.17, 15) is 5.11 Å². The van der Waals surface area contributed by atoms with E-state index in [-0.39, 0.29) is 0 Å². The van der Waals surface area contributed by atoms with Gasteiger partial charge in [0.05, 0.1) is 0 Å². The normalized spacial score (nSPS) is 13.0. The van der Waals surface area contributed by atoms with Crippen molar-refractivity contribution in [1.29, 1.82) is 0 Å². The summed E-state index contributed by atoms with van der Waals surface area (Å²) in [5.41, 5.74) is 7.68. The van der Waals surface area contributed by atoms with Gasteiger partial charge in [-0.2, -0.15) is 0 Å². The van der Waals surface area contributed by atoms with Gasteiger partial charge in [-0.05, 0) is 65.6 Å². The molecule has 0 bridgehead atoms. The van der Waals surface area contributed by atoms with Crippen molar-refractivity contribution in [3.8, 4) is 16.9 Å². The van der Waals surface area contributed by atoms with E-state index in [2.05, 4.69) is 38.1 Å². The summed E-state index contributed by atoms with van der Waals surface area (Å²) in [7, 11) is 0. The molecule has 92 valence electrons. The fraction of sp³-hybridized carbons (Fsp3) is 0.294. The lowest BCUT2D eigenvalue weighted by Gasteiger charge is -2.26. The number of rotatable bonds is 2. The number of aromatic hydroxyl groups is 1. The van der Waals surface area contributed by atoms with Crippen molar-refractivity contribution in [3.05, 3.63) is 52.6 Å². The third kappa shape index (κ3) is 1.62. The number of hydrogen-bond donors (Lipinski definition) is 1. The van der Waals surface area contributed by atoms with Crippen molar-refractivity contribution in [1.82, 2.24) is 0 Å². The molecule has 3 rings (SSSR count). The summed E-state index contributed by atoms with van der Waals surface area (Å²) >= 11 is 0. The van der Waals surface area contributed by atoms with Crippen LogP contribution in [0.1, 0.15) is 29.2 Å². The summed E-state index contributed by atoms with van der Waals surface area (Å²) in [6.07, 6.45) is 3.17. The molecule has 2 aromatic rings. The Morgan fingerprint density at radius 1 is 1.11 bits per heavy atom. The summed E-state index contributed by atoms with van der Waals surface area (Å²) in [4.78, 5) is 0. The predicted octanol–water partition coefficient (Wildman–Crippen LogP) is 4.03. The summed E-state index contributed by atoms with van der Waals surface area (Å²) in [6, 6.07) is 10.7. The highest BCUT2D eigenvalue weighted by Gasteiger charge is 2.23. The van der Waals surface area contributed by atoms with Gasteiger partial charge >= 0.3 is 0 Å². The monoisotopic (exact) mass is 238 g/mol. The van der Waals surface area contributed by atoms with E-state index in [1.807, 2.05) is 6.07 Å². The SMILES string of the molecule is CCc1cccc(-c2c(C)cc(O)c3c2CC3)c1. The Kier molecular flexibility index (Phi) is 2.62. The molecule has 0 heterocycles. The highest BCUT2D eigenvalue weighted by Crippen LogP contribution is 2.41. The van der Waals surface area contributed by atoms with E-state index in [4.69, 9.17) is 0 Å². The van der Waals surface area contributed by atoms with Crippen LogP contribution in [-0.4, -0.2) is 5.11 Å². The summed E-state index contributed by atoms with van der Waals surface area (Å²) in [5, 5.41) is 9.90. The zero-order valence-corrected chi connectivity index (χ0v) is 11.0. The second kappa shape index (κ2) is 4.16. The van der Waals surface area contributed by atoms with Crippen LogP contribution < -0.4 is 0 Å². The molecule has 0 saturated carbocycles. The zero-order chi connectivity index (χ0) is 12.7. The average Bonchev–Trinajstić information content (AvgIpc) is 2.32. The fourth-order valence-corrected chi connectivity index (χ4v) is 2.88. The van der Waals surface area contributed by atoms with E-state index in [0.717, 1.165) is 24.8 Å². The van der Waals surface area contributed by atoms with Crippen molar-refractivity contribution in [2.24, 2.45) is 0 Å². The number of hydrogen-bond acceptors (Lipinski definition) is 1. The Hall–Kier alpha value is -1.76. The molecule has 1 nitrogen and oxygen atoms in total. The van der Waals surface area contributed by atoms with Gasteiger partial charge in [0, 0.05) is 0 Å². The van der Waals surface area contributed by atoms with Crippen molar-refractivity contribution >= 4 is 0 Å². The van der Waals surface area contributed by atoms with Crippen LogP contribution >= 0.6 is 0 Å². The summed E-state index contributed by atoms with van der Waals surface area (Å²) < 4.78 is 0. The highest BCUT2D eigenvalue weighted by molar-refractivity contribution is 5.76. The minimum Gasteiger partial charge on any atom is -0.508 e. The van der Waals surface area contributed by atoms with Crippen molar-refractivity contribution < 1.29 is 5.11 Å². The molecule has 18 heavy (non-hydrogen) atoms. The smallest absolute Gasteiger partial charge is 0.119 e. The number of phenolic OH excluding ortho intramolecular Hbond substituents is 1. The molecule has 1 heteroatoms. The standard InChI is InChI=1S/C17H18O/c1-3-12-5-4-6-13(10-12)17-11(2)9-16(18)14-7-8-15(14)17/h4-6,9-10,18H,3,7-8H2,1-2H3. The van der Waals surface area contributed by atoms with Gasteiger partial charge in [-0.3, -0.25) is 0 Å². The molecule has 1 aliphatic carbocycles. The largest absolute Gasteiger partial charge is 0.508 e. The number of benzene rings is 2. The third-order valence-electron chi connectivity index (χ3n) is 3.97. The van der Waals surface area contributed by atoms with E-state index >= 15 is 0 Å². The second-order valence-electron chi connectivity index (χ2n) is 5.10. The van der Waals surface area contributed by atoms with Gasteiger partial charge in [0.15, 0.2) is 0 Å². The van der Waals surface area contributed by atoms with E-state index in [1.54, 1.807) is 0 Å². The van der Waals surface area contributed by atoms with Crippen LogP contribution in [0.25, 0.3) is 11.1 Å². The van der Waals surface area contributed by atoms with Crippen molar-refractivity contribution in [2.75, 3.05) is 0 Å². The van der Waals surface area contributed by atoms with Crippen molar-refractivity contribution in [2.45, 2.75) is 33.1 Å². The highest BCUT2D eigenvalue weighted by atomic mass is 16.3. The first kappa shape index (κ1) is 11.3. The quantitative estimate of drug-likeness (QED) is 0.837. The van der Waals surface area contributed by atoms with Gasteiger partial charge in [0.2, 0.25) is 0 Å². The van der Waals surface area contributed by atoms with Gasteiger partial charge in [0.1, 0.15) is 5.75 Å². The number of aryl methyl sites for hydroxylation is 2. The van der Waals surface area contributed by atoms with E-state index in [0.29, 0.717) is 5.75 Å². The molecule has 2 aromatic carbocycles. The Morgan fingerprint density at radius 2 is 1.89 bits per heavy atom. The average molecular weight is 238 g/mol. The molecular formula is C17H18O. The van der Waals surface area contributed by atoms with Crippen molar-refractivity contribution in [3.63, 3.8) is 0 Å². The summed E-state index contributed by atoms with van der Waals surface area (Å²) in [5.74, 6) is 0.476. The molecule has 0 fully saturated rings. The first-order valence-corrected chi connectivity index (χ1v) is 6.64. The van der Waals surface area contributed by atoms with Gasteiger partial charge in [-0.15, -0.1) is 0 Å². The van der Waals surface area contributed by atoms with Gasteiger partial charge in [-0.1, -0.05) is 31.2 Å². The lowest BCUT2D eigenvalue weighted by Crippen LogP contribution is -2.11. The first-order valence-electron chi connectivity index (χ1n) is 6.64. The summed E-state index contributed by atoms with van der Waals surface area (Å²) in [6.45, 7) is 4.27. The second-order valence-corrected chi connectivity index (χ2v) is 5.10. The fourth-order valence-electron chi connectivity index (χ4n) is 2.88. The maximum absolute atomic E-state index is 9.90. The molecule has 1 aliphatic rings. The molecule has 0 amide bonds. The molecule has 1 N–H and O–H groups in total. The Balaban J connectivity index is 2.20. The van der Waals surface area contributed by atoms with Crippen LogP contribution in [0.4, 0.5) is 0 Å². The molecule has 0 aromatic heterocycles. The van der Waals surface area contributed by atoms with E-state index in [1.165, 1.54) is 27.8 Å². The van der Waals surface area contributed by atoms with Gasteiger partial charge in [-0.25, -0.2) is 0 Å². The molecule has 0 spiro atoms. The van der Waals surface area contributed by atoms with Crippen LogP contribution in [0.3, 0.4) is 0 Å². The third-order valence-corrected chi connectivity index (χ3v) is 3.97. The lowest BCUT2D eigenvalue weighted by molar-refractivity contribution is 0.461. The lowest BCUT2D eigenvalue weighted by atomic mass is 9.79. The molecule has 0 saturated heterocycles. The topological polar surface area (TPSA) is 20.2 Å². The predicted molar refractivity (Wildman–Crippen MR) is 75.1 cm³/mol. The van der Waals surface area contributed by atoms with Crippen LogP contribution in [0.2, 0.25) is 0 Å². The van der Waals surface area contributed by atoms with Crippen LogP contribution in [0.15, 0.2) is 30.3 Å². The van der Waals surface area contributed by atoms with E-state index < -0.39 is 0 Å². The zero-order valence-electron chi connectivity index (χ0n) is 11.0. The molecule has 0 radical (unpaired) electrons. The van der Waals surface area contributed by atoms with Crippen LogP contribution in [0.5, 0.6) is 5.75 Å². The number of phenols is 1.